The number of hydrazone groups is 1. The first kappa shape index (κ1) is 10.6. The first-order valence-corrected chi connectivity index (χ1v) is 5.44. The Morgan fingerprint density at radius 3 is 2.83 bits per heavy atom. The third kappa shape index (κ3) is 1.58. The molecule has 0 unspecified atom stereocenters. The Morgan fingerprint density at radius 1 is 1.28 bits per heavy atom. The fraction of sp³-hybridized carbons (Fsp3) is 0.167. The molecule has 0 aliphatic carbocycles. The van der Waals surface area contributed by atoms with Crippen molar-refractivity contribution in [2.75, 3.05) is 0 Å². The SMILES string of the molecule is CC1=NC2=NC(=O)C(=Cc3ccco3)N2N=C1C. The first-order valence-electron chi connectivity index (χ1n) is 5.44. The van der Waals surface area contributed by atoms with Crippen molar-refractivity contribution in [2.45, 2.75) is 13.8 Å². The highest BCUT2D eigenvalue weighted by Gasteiger charge is 2.32. The number of hydrogen-bond donors (Lipinski definition) is 0. The van der Waals surface area contributed by atoms with Crippen molar-refractivity contribution < 1.29 is 9.21 Å². The Morgan fingerprint density at radius 2 is 2.11 bits per heavy atom. The number of carbonyl (C=O) groups is 1. The molecule has 18 heavy (non-hydrogen) atoms. The zero-order chi connectivity index (χ0) is 12.7. The van der Waals surface area contributed by atoms with Crippen molar-refractivity contribution in [3.8, 4) is 0 Å². The summed E-state index contributed by atoms with van der Waals surface area (Å²) in [5, 5.41) is 5.73. The molecule has 0 atom stereocenters. The van der Waals surface area contributed by atoms with Crippen LogP contribution in [0.4, 0.5) is 0 Å². The van der Waals surface area contributed by atoms with E-state index in [9.17, 15) is 4.79 Å². The number of rotatable bonds is 1. The van der Waals surface area contributed by atoms with Gasteiger partial charge in [-0.1, -0.05) is 0 Å². The van der Waals surface area contributed by atoms with Crippen molar-refractivity contribution in [3.63, 3.8) is 0 Å². The third-order valence-electron chi connectivity index (χ3n) is 2.70. The highest BCUT2D eigenvalue weighted by Crippen LogP contribution is 2.23. The molecular formula is C12H10N4O2. The monoisotopic (exact) mass is 242 g/mol. The van der Waals surface area contributed by atoms with Gasteiger partial charge in [0.05, 0.1) is 17.7 Å². The summed E-state index contributed by atoms with van der Waals surface area (Å²) in [6.07, 6.45) is 3.15. The van der Waals surface area contributed by atoms with Gasteiger partial charge in [-0.15, -0.1) is 0 Å². The summed E-state index contributed by atoms with van der Waals surface area (Å²) in [6.45, 7) is 3.67. The summed E-state index contributed by atoms with van der Waals surface area (Å²) in [5.74, 6) is 0.520. The third-order valence-corrected chi connectivity index (χ3v) is 2.70. The predicted octanol–water partition coefficient (Wildman–Crippen LogP) is 1.67. The molecule has 6 nitrogen and oxygen atoms in total. The second-order valence-electron chi connectivity index (χ2n) is 3.96. The van der Waals surface area contributed by atoms with E-state index in [1.807, 2.05) is 13.8 Å². The van der Waals surface area contributed by atoms with E-state index in [-0.39, 0.29) is 5.91 Å². The maximum Gasteiger partial charge on any atom is 0.299 e. The van der Waals surface area contributed by atoms with E-state index in [2.05, 4.69) is 15.1 Å². The Hall–Kier alpha value is -2.50. The molecule has 3 rings (SSSR count). The molecule has 2 aliphatic rings. The molecule has 1 amide bonds. The number of hydrogen-bond acceptors (Lipinski definition) is 5. The first-order chi connectivity index (χ1) is 8.65. The van der Waals surface area contributed by atoms with E-state index in [0.29, 0.717) is 17.4 Å². The molecule has 0 bridgehead atoms. The highest BCUT2D eigenvalue weighted by molar-refractivity contribution is 6.43. The summed E-state index contributed by atoms with van der Waals surface area (Å²) in [7, 11) is 0. The standard InChI is InChI=1S/C12H10N4O2/c1-7-8(2)15-16-10(6-9-4-3-5-18-9)11(17)14-12(16)13-7/h3-6H,1-2H3. The van der Waals surface area contributed by atoms with E-state index in [4.69, 9.17) is 4.42 Å². The van der Waals surface area contributed by atoms with Gasteiger partial charge in [0, 0.05) is 6.08 Å². The van der Waals surface area contributed by atoms with Crippen LogP contribution in [0.25, 0.3) is 6.08 Å². The number of furan rings is 1. The number of fused-ring (bicyclic) bond motifs is 1. The molecule has 1 aromatic rings. The van der Waals surface area contributed by atoms with Crippen LogP contribution >= 0.6 is 0 Å². The van der Waals surface area contributed by atoms with Crippen LogP contribution in [0.2, 0.25) is 0 Å². The topological polar surface area (TPSA) is 70.5 Å². The van der Waals surface area contributed by atoms with Gasteiger partial charge in [0.15, 0.2) is 0 Å². The van der Waals surface area contributed by atoms with Crippen LogP contribution in [0, 0.1) is 0 Å². The van der Waals surface area contributed by atoms with Gasteiger partial charge < -0.3 is 4.42 Å². The maximum atomic E-state index is 11.8. The van der Waals surface area contributed by atoms with E-state index in [1.165, 1.54) is 5.01 Å². The number of amides is 1. The largest absolute Gasteiger partial charge is 0.465 e. The number of aliphatic imine (C=N–C) groups is 2. The van der Waals surface area contributed by atoms with E-state index < -0.39 is 0 Å². The van der Waals surface area contributed by atoms with Crippen LogP contribution in [-0.2, 0) is 4.79 Å². The Balaban J connectivity index is 2.04. The van der Waals surface area contributed by atoms with Crippen LogP contribution in [0.15, 0.2) is 43.6 Å². The molecular weight excluding hydrogens is 232 g/mol. The van der Waals surface area contributed by atoms with Crippen LogP contribution in [0.3, 0.4) is 0 Å². The molecule has 0 saturated heterocycles. The number of carbonyl (C=O) groups excluding carboxylic acids is 1. The smallest absolute Gasteiger partial charge is 0.299 e. The molecule has 0 aromatic carbocycles. The fourth-order valence-electron chi connectivity index (χ4n) is 1.65. The van der Waals surface area contributed by atoms with Gasteiger partial charge in [-0.25, -0.2) is 4.99 Å². The second-order valence-corrected chi connectivity index (χ2v) is 3.96. The van der Waals surface area contributed by atoms with Crippen LogP contribution < -0.4 is 0 Å². The lowest BCUT2D eigenvalue weighted by molar-refractivity contribution is -0.114. The zero-order valence-electron chi connectivity index (χ0n) is 9.91. The van der Waals surface area contributed by atoms with E-state index in [1.54, 1.807) is 24.5 Å². The minimum Gasteiger partial charge on any atom is -0.465 e. The van der Waals surface area contributed by atoms with Crippen molar-refractivity contribution in [1.82, 2.24) is 5.01 Å². The molecule has 2 aliphatic heterocycles. The maximum absolute atomic E-state index is 11.8. The van der Waals surface area contributed by atoms with Crippen LogP contribution in [0.5, 0.6) is 0 Å². The van der Waals surface area contributed by atoms with Gasteiger partial charge >= 0.3 is 0 Å². The fourth-order valence-corrected chi connectivity index (χ4v) is 1.65. The van der Waals surface area contributed by atoms with Crippen molar-refractivity contribution in [3.05, 3.63) is 29.9 Å². The van der Waals surface area contributed by atoms with Crippen LogP contribution in [-0.4, -0.2) is 28.3 Å². The summed E-state index contributed by atoms with van der Waals surface area (Å²) < 4.78 is 5.18. The average Bonchev–Trinajstić information content (AvgIpc) is 2.92. The van der Waals surface area contributed by atoms with E-state index >= 15 is 0 Å². The van der Waals surface area contributed by atoms with Gasteiger partial charge in [0.25, 0.3) is 11.9 Å². The summed E-state index contributed by atoms with van der Waals surface area (Å²) >= 11 is 0. The lowest BCUT2D eigenvalue weighted by atomic mass is 10.3. The highest BCUT2D eigenvalue weighted by atomic mass is 16.3. The van der Waals surface area contributed by atoms with Crippen molar-refractivity contribution >= 4 is 29.4 Å². The minimum absolute atomic E-state index is 0.306. The van der Waals surface area contributed by atoms with Gasteiger partial charge in [-0.05, 0) is 26.0 Å². The van der Waals surface area contributed by atoms with Crippen LogP contribution in [0.1, 0.15) is 19.6 Å². The second kappa shape index (κ2) is 3.76. The number of guanidine groups is 1. The quantitative estimate of drug-likeness (QED) is 0.703. The van der Waals surface area contributed by atoms with Gasteiger partial charge in [0.2, 0.25) is 0 Å². The van der Waals surface area contributed by atoms with Gasteiger partial charge in [-0.3, -0.25) is 4.79 Å². The summed E-state index contributed by atoms with van der Waals surface area (Å²) in [5.41, 5.74) is 1.86. The minimum atomic E-state index is -0.364. The molecule has 0 spiro atoms. The Kier molecular flexibility index (Phi) is 2.22. The van der Waals surface area contributed by atoms with Gasteiger partial charge in [-0.2, -0.15) is 15.1 Å². The molecule has 6 heteroatoms. The Bertz CT molecular complexity index is 635. The molecule has 0 radical (unpaired) electrons. The molecule has 90 valence electrons. The summed E-state index contributed by atoms with van der Waals surface area (Å²) in [6, 6.07) is 3.51. The normalized spacial score (nSPS) is 20.8. The lowest BCUT2D eigenvalue weighted by Crippen LogP contribution is -2.28. The van der Waals surface area contributed by atoms with E-state index in [0.717, 1.165) is 11.4 Å². The predicted molar refractivity (Wildman–Crippen MR) is 67.2 cm³/mol. The molecule has 0 saturated carbocycles. The van der Waals surface area contributed by atoms with Gasteiger partial charge in [0.1, 0.15) is 11.5 Å². The molecule has 0 N–H and O–H groups in total. The molecule has 1 aromatic heterocycles. The average molecular weight is 242 g/mol. The molecule has 3 heterocycles. The molecule has 0 fully saturated rings. The van der Waals surface area contributed by atoms with Crippen molar-refractivity contribution in [1.29, 1.82) is 0 Å². The Labute approximate surface area is 103 Å². The zero-order valence-corrected chi connectivity index (χ0v) is 9.91. The summed E-state index contributed by atoms with van der Waals surface area (Å²) in [4.78, 5) is 19.9. The lowest BCUT2D eigenvalue weighted by Gasteiger charge is -2.17. The van der Waals surface area contributed by atoms with Crippen molar-refractivity contribution in [2.24, 2.45) is 15.1 Å². The number of nitrogens with zero attached hydrogens (tertiary/aromatic N) is 4.